The van der Waals surface area contributed by atoms with E-state index in [1.807, 2.05) is 0 Å². The molecule has 0 radical (unpaired) electrons. The lowest BCUT2D eigenvalue weighted by atomic mass is 9.64. The Labute approximate surface area is 65.9 Å². The minimum Gasteiger partial charge on any atom is -0.378 e. The summed E-state index contributed by atoms with van der Waals surface area (Å²) in [6.45, 7) is 0.898. The van der Waals surface area contributed by atoms with Crippen LogP contribution in [0.5, 0.6) is 0 Å². The second-order valence-corrected chi connectivity index (χ2v) is 3.98. The predicted octanol–water partition coefficient (Wildman–Crippen LogP) is 1.00. The lowest BCUT2D eigenvalue weighted by Crippen LogP contribution is -2.48. The second-order valence-electron chi connectivity index (χ2n) is 3.98. The first kappa shape index (κ1) is 6.18. The average molecular weight is 152 g/mol. The van der Waals surface area contributed by atoms with E-state index >= 15 is 0 Å². The molecule has 3 rings (SSSR count). The van der Waals surface area contributed by atoms with E-state index in [1.54, 1.807) is 0 Å². The van der Waals surface area contributed by atoms with Crippen molar-refractivity contribution in [1.82, 2.24) is 0 Å². The van der Waals surface area contributed by atoms with Crippen LogP contribution in [0.3, 0.4) is 0 Å². The molecule has 2 nitrogen and oxygen atoms in total. The molecule has 0 aromatic rings. The van der Waals surface area contributed by atoms with Crippen LogP contribution < -0.4 is 0 Å². The van der Waals surface area contributed by atoms with Gasteiger partial charge in [-0.25, -0.2) is 0 Å². The molecular weight excluding hydrogens is 140 g/mol. The zero-order valence-electron chi connectivity index (χ0n) is 6.45. The molecule has 0 aromatic carbocycles. The molecule has 0 bridgehead atoms. The molecule has 0 unspecified atom stereocenters. The van der Waals surface area contributed by atoms with E-state index in [0.29, 0.717) is 29.6 Å². The number of rotatable bonds is 0. The molecule has 60 valence electrons. The molecule has 1 heterocycles. The summed E-state index contributed by atoms with van der Waals surface area (Å²) in [5.74, 6) is 2.18. The molecule has 2 saturated carbocycles. The van der Waals surface area contributed by atoms with E-state index in [-0.39, 0.29) is 0 Å². The van der Waals surface area contributed by atoms with Crippen LogP contribution in [0, 0.1) is 17.8 Å². The predicted molar refractivity (Wildman–Crippen MR) is 39.1 cm³/mol. The SMILES string of the molecule is O=C1CC[C@H]2[C@H]3OCC[C@H]3[C@@H]12. The van der Waals surface area contributed by atoms with Gasteiger partial charge in [0, 0.05) is 18.9 Å². The first-order valence-corrected chi connectivity index (χ1v) is 4.52. The fourth-order valence-electron chi connectivity index (χ4n) is 3.13. The third-order valence-electron chi connectivity index (χ3n) is 3.62. The molecule has 0 N–H and O–H groups in total. The van der Waals surface area contributed by atoms with E-state index in [1.165, 1.54) is 0 Å². The molecule has 0 spiro atoms. The first-order chi connectivity index (χ1) is 5.38. The van der Waals surface area contributed by atoms with Crippen LogP contribution in [0.25, 0.3) is 0 Å². The summed E-state index contributed by atoms with van der Waals surface area (Å²) in [5.41, 5.74) is 0. The summed E-state index contributed by atoms with van der Waals surface area (Å²) in [6, 6.07) is 0. The number of carbonyl (C=O) groups is 1. The number of fused-ring (bicyclic) bond motifs is 4. The number of hydrogen-bond acceptors (Lipinski definition) is 2. The Hall–Kier alpha value is -0.370. The van der Waals surface area contributed by atoms with Gasteiger partial charge in [0.05, 0.1) is 6.10 Å². The van der Waals surface area contributed by atoms with Gasteiger partial charge >= 0.3 is 0 Å². The van der Waals surface area contributed by atoms with E-state index in [2.05, 4.69) is 0 Å². The number of Topliss-reactive ketones (excluding diaryl/α,β-unsaturated/α-hetero) is 1. The summed E-state index contributed by atoms with van der Waals surface area (Å²) in [4.78, 5) is 11.3. The Kier molecular flexibility index (Phi) is 1.05. The number of ether oxygens (including phenoxy) is 1. The number of carbonyl (C=O) groups excluding carboxylic acids is 1. The van der Waals surface area contributed by atoms with Crippen molar-refractivity contribution in [2.45, 2.75) is 25.4 Å². The van der Waals surface area contributed by atoms with E-state index in [4.69, 9.17) is 4.74 Å². The zero-order chi connectivity index (χ0) is 7.42. The zero-order valence-corrected chi connectivity index (χ0v) is 6.45. The lowest BCUT2D eigenvalue weighted by Gasteiger charge is -2.42. The van der Waals surface area contributed by atoms with Crippen LogP contribution in [-0.4, -0.2) is 18.5 Å². The molecule has 2 heteroatoms. The fourth-order valence-corrected chi connectivity index (χ4v) is 3.13. The molecular formula is C9H12O2. The van der Waals surface area contributed by atoms with Crippen LogP contribution in [-0.2, 0) is 9.53 Å². The summed E-state index contributed by atoms with van der Waals surface area (Å²) in [7, 11) is 0. The number of hydrogen-bond donors (Lipinski definition) is 0. The quantitative estimate of drug-likeness (QED) is 0.517. The molecule has 4 atom stereocenters. The molecule has 3 fully saturated rings. The van der Waals surface area contributed by atoms with E-state index < -0.39 is 0 Å². The van der Waals surface area contributed by atoms with Crippen molar-refractivity contribution < 1.29 is 9.53 Å². The van der Waals surface area contributed by atoms with Crippen LogP contribution in [0.1, 0.15) is 19.3 Å². The van der Waals surface area contributed by atoms with Crippen molar-refractivity contribution >= 4 is 5.78 Å². The Morgan fingerprint density at radius 2 is 2.09 bits per heavy atom. The summed E-state index contributed by atoms with van der Waals surface area (Å²) < 4.78 is 5.56. The van der Waals surface area contributed by atoms with E-state index in [0.717, 1.165) is 25.9 Å². The van der Waals surface area contributed by atoms with Gasteiger partial charge < -0.3 is 4.74 Å². The molecule has 2 aliphatic carbocycles. The Balaban J connectivity index is 1.89. The highest BCUT2D eigenvalue weighted by Gasteiger charge is 2.58. The van der Waals surface area contributed by atoms with Gasteiger partial charge in [0.2, 0.25) is 0 Å². The largest absolute Gasteiger partial charge is 0.378 e. The van der Waals surface area contributed by atoms with Gasteiger partial charge in [-0.1, -0.05) is 0 Å². The maximum Gasteiger partial charge on any atom is 0.136 e. The van der Waals surface area contributed by atoms with Crippen molar-refractivity contribution in [3.63, 3.8) is 0 Å². The van der Waals surface area contributed by atoms with Crippen molar-refractivity contribution in [2.24, 2.45) is 17.8 Å². The minimum absolute atomic E-state index is 0.419. The van der Waals surface area contributed by atoms with Gasteiger partial charge in [-0.2, -0.15) is 0 Å². The van der Waals surface area contributed by atoms with Crippen LogP contribution in [0.15, 0.2) is 0 Å². The Bertz CT molecular complexity index is 206. The normalized spacial score (nSPS) is 53.6. The Morgan fingerprint density at radius 3 is 3.00 bits per heavy atom. The molecule has 0 amide bonds. The molecule has 11 heavy (non-hydrogen) atoms. The minimum atomic E-state index is 0.419. The highest BCUT2D eigenvalue weighted by molar-refractivity contribution is 5.85. The molecule has 1 saturated heterocycles. The monoisotopic (exact) mass is 152 g/mol. The third-order valence-corrected chi connectivity index (χ3v) is 3.62. The lowest BCUT2D eigenvalue weighted by molar-refractivity contribution is -0.133. The molecule has 0 aromatic heterocycles. The number of ketones is 1. The first-order valence-electron chi connectivity index (χ1n) is 4.52. The van der Waals surface area contributed by atoms with Crippen molar-refractivity contribution in [2.75, 3.05) is 6.61 Å². The van der Waals surface area contributed by atoms with Gasteiger partial charge in [-0.05, 0) is 24.7 Å². The maximum atomic E-state index is 11.3. The van der Waals surface area contributed by atoms with Crippen molar-refractivity contribution in [3.8, 4) is 0 Å². The second kappa shape index (κ2) is 1.86. The fraction of sp³-hybridized carbons (Fsp3) is 0.889. The smallest absolute Gasteiger partial charge is 0.136 e. The van der Waals surface area contributed by atoms with Gasteiger partial charge in [0.15, 0.2) is 0 Å². The van der Waals surface area contributed by atoms with Gasteiger partial charge in [0.25, 0.3) is 0 Å². The van der Waals surface area contributed by atoms with Crippen LogP contribution in [0.4, 0.5) is 0 Å². The summed E-state index contributed by atoms with van der Waals surface area (Å²) in [6.07, 6.45) is 3.54. The highest BCUT2D eigenvalue weighted by atomic mass is 16.5. The van der Waals surface area contributed by atoms with Crippen molar-refractivity contribution in [3.05, 3.63) is 0 Å². The van der Waals surface area contributed by atoms with Crippen LogP contribution >= 0.6 is 0 Å². The molecule has 1 aliphatic heterocycles. The average Bonchev–Trinajstić information content (AvgIpc) is 2.43. The summed E-state index contributed by atoms with van der Waals surface area (Å²) >= 11 is 0. The van der Waals surface area contributed by atoms with Gasteiger partial charge in [0.1, 0.15) is 5.78 Å². The standard InChI is InChI=1S/C9H12O2/c10-7-2-1-5-8(7)6-3-4-11-9(5)6/h5-6,8-9H,1-4H2/t5-,6+,8+,9-/m1/s1. The highest BCUT2D eigenvalue weighted by Crippen LogP contribution is 2.54. The van der Waals surface area contributed by atoms with Crippen LogP contribution in [0.2, 0.25) is 0 Å². The van der Waals surface area contributed by atoms with Gasteiger partial charge in [-0.15, -0.1) is 0 Å². The van der Waals surface area contributed by atoms with E-state index in [9.17, 15) is 4.79 Å². The maximum absolute atomic E-state index is 11.3. The van der Waals surface area contributed by atoms with Crippen molar-refractivity contribution in [1.29, 1.82) is 0 Å². The molecule has 3 aliphatic rings. The summed E-state index contributed by atoms with van der Waals surface area (Å²) in [5, 5.41) is 0. The van der Waals surface area contributed by atoms with Gasteiger partial charge in [-0.3, -0.25) is 4.79 Å². The topological polar surface area (TPSA) is 26.3 Å². The Morgan fingerprint density at radius 1 is 1.27 bits per heavy atom. The third kappa shape index (κ3) is 0.598.